The fourth-order valence-electron chi connectivity index (χ4n) is 5.45. The Labute approximate surface area is 243 Å². The van der Waals surface area contributed by atoms with Crippen LogP contribution in [0.4, 0.5) is 5.69 Å². The monoisotopic (exact) mass is 578 g/mol. The lowest BCUT2D eigenvalue weighted by atomic mass is 9.94. The minimum absolute atomic E-state index is 0.224. The molecule has 1 fully saturated rings. The minimum Gasteiger partial charge on any atom is -0.352 e. The lowest BCUT2D eigenvalue weighted by Crippen LogP contribution is -2.43. The second kappa shape index (κ2) is 13.1. The first-order valence-electron chi connectivity index (χ1n) is 13.9. The highest BCUT2D eigenvalue weighted by molar-refractivity contribution is 7.85. The summed E-state index contributed by atoms with van der Waals surface area (Å²) in [7, 11) is 0.573. The van der Waals surface area contributed by atoms with E-state index in [1.54, 1.807) is 48.5 Å². The van der Waals surface area contributed by atoms with Gasteiger partial charge < -0.3 is 10.2 Å². The number of carbonyl (C=O) groups excluding carboxylic acids is 2. The number of benzene rings is 3. The number of hydrazine groups is 1. The summed E-state index contributed by atoms with van der Waals surface area (Å²) in [6, 6.07) is 19.9. The Morgan fingerprint density at radius 3 is 2.62 bits per heavy atom. The zero-order chi connectivity index (χ0) is 28.1. The van der Waals surface area contributed by atoms with Crippen molar-refractivity contribution in [1.29, 1.82) is 0 Å². The van der Waals surface area contributed by atoms with E-state index in [1.165, 1.54) is 37.1 Å². The molecular formula is C31H35ClN4O3S. The van der Waals surface area contributed by atoms with Crippen LogP contribution in [0, 0.1) is 0 Å². The molecule has 1 aliphatic heterocycles. The van der Waals surface area contributed by atoms with Gasteiger partial charge in [0.1, 0.15) is 0 Å². The summed E-state index contributed by atoms with van der Waals surface area (Å²) in [6.45, 7) is 1.80. The molecule has 3 aromatic carbocycles. The zero-order valence-corrected chi connectivity index (χ0v) is 24.3. The van der Waals surface area contributed by atoms with Crippen LogP contribution in [0.3, 0.4) is 0 Å². The number of carbonyl (C=O) groups is 2. The van der Waals surface area contributed by atoms with Crippen molar-refractivity contribution in [3.8, 4) is 0 Å². The number of hydrogen-bond acceptors (Lipinski definition) is 5. The van der Waals surface area contributed by atoms with Crippen LogP contribution < -0.4 is 15.8 Å². The minimum atomic E-state index is -1.60. The molecule has 1 atom stereocenters. The predicted molar refractivity (Wildman–Crippen MR) is 159 cm³/mol. The Hall–Kier alpha value is -3.04. The molecule has 1 heterocycles. The van der Waals surface area contributed by atoms with Crippen LogP contribution in [-0.2, 0) is 17.3 Å². The highest BCUT2D eigenvalue weighted by Crippen LogP contribution is 2.34. The molecule has 0 radical (unpaired) electrons. The van der Waals surface area contributed by atoms with E-state index < -0.39 is 10.8 Å². The van der Waals surface area contributed by atoms with Gasteiger partial charge in [-0.15, -0.1) is 0 Å². The zero-order valence-electron chi connectivity index (χ0n) is 22.7. The summed E-state index contributed by atoms with van der Waals surface area (Å²) in [4.78, 5) is 30.2. The summed E-state index contributed by atoms with van der Waals surface area (Å²) in [5.41, 5.74) is 5.22. The van der Waals surface area contributed by atoms with Gasteiger partial charge in [0, 0.05) is 29.7 Å². The smallest absolute Gasteiger partial charge is 0.273 e. The summed E-state index contributed by atoms with van der Waals surface area (Å²) < 4.78 is 13.6. The van der Waals surface area contributed by atoms with Gasteiger partial charge >= 0.3 is 0 Å². The van der Waals surface area contributed by atoms with Crippen LogP contribution in [0.25, 0.3) is 0 Å². The van der Waals surface area contributed by atoms with E-state index in [0.717, 1.165) is 18.5 Å². The van der Waals surface area contributed by atoms with Gasteiger partial charge in [-0.25, -0.2) is 14.6 Å². The van der Waals surface area contributed by atoms with Gasteiger partial charge in [-0.3, -0.25) is 9.59 Å². The molecule has 9 heteroatoms. The maximum atomic E-state index is 13.7. The molecule has 1 saturated carbocycles. The average molecular weight is 579 g/mol. The van der Waals surface area contributed by atoms with E-state index in [9.17, 15) is 13.8 Å². The molecule has 5 rings (SSSR count). The first-order chi connectivity index (χ1) is 19.4. The van der Waals surface area contributed by atoms with Gasteiger partial charge in [0.25, 0.3) is 11.8 Å². The molecule has 7 nitrogen and oxygen atoms in total. The molecular weight excluding hydrogens is 544 g/mol. The Morgan fingerprint density at radius 1 is 1.02 bits per heavy atom. The second-order valence-electron chi connectivity index (χ2n) is 10.4. The third-order valence-electron chi connectivity index (χ3n) is 7.68. The Bertz CT molecular complexity index is 1410. The third-order valence-corrected chi connectivity index (χ3v) is 9.42. The topological polar surface area (TPSA) is 81.8 Å². The second-order valence-corrected chi connectivity index (χ2v) is 12.3. The maximum Gasteiger partial charge on any atom is 0.273 e. The first-order valence-corrected chi connectivity index (χ1v) is 15.4. The van der Waals surface area contributed by atoms with E-state index in [-0.39, 0.29) is 11.8 Å². The molecule has 2 amide bonds. The van der Waals surface area contributed by atoms with Gasteiger partial charge in [0.05, 0.1) is 31.8 Å². The van der Waals surface area contributed by atoms with Crippen molar-refractivity contribution in [3.05, 3.63) is 88.4 Å². The van der Waals surface area contributed by atoms with Crippen molar-refractivity contribution in [2.45, 2.75) is 60.9 Å². The summed E-state index contributed by atoms with van der Waals surface area (Å²) in [5, 5.41) is 5.01. The molecule has 2 N–H and O–H groups in total. The van der Waals surface area contributed by atoms with Gasteiger partial charge in [0.2, 0.25) is 0 Å². The third kappa shape index (κ3) is 6.47. The molecule has 0 bridgehead atoms. The normalized spacial score (nSPS) is 17.3. The molecule has 1 aliphatic carbocycles. The van der Waals surface area contributed by atoms with E-state index >= 15 is 0 Å². The van der Waals surface area contributed by atoms with Crippen molar-refractivity contribution in [1.82, 2.24) is 15.6 Å². The average Bonchev–Trinajstić information content (AvgIpc) is 3.07. The molecule has 1 unspecified atom stereocenters. The maximum absolute atomic E-state index is 13.7. The largest absolute Gasteiger partial charge is 0.352 e. The number of amides is 2. The molecule has 0 spiro atoms. The first kappa shape index (κ1) is 28.5. The van der Waals surface area contributed by atoms with E-state index in [2.05, 4.69) is 22.7 Å². The molecule has 40 heavy (non-hydrogen) atoms. The van der Waals surface area contributed by atoms with Gasteiger partial charge in [-0.1, -0.05) is 55.1 Å². The molecule has 0 saturated heterocycles. The van der Waals surface area contributed by atoms with Crippen molar-refractivity contribution in [2.24, 2.45) is 0 Å². The SMILES string of the molecule is CN(CCCNC(=O)c1ccc2c(c1)N(NCc1cccc(Cl)c1)C(=O)c1ccccc1S2=O)C1CCCCC1. The molecule has 0 aromatic heterocycles. The van der Waals surface area contributed by atoms with Crippen LogP contribution in [0.2, 0.25) is 5.02 Å². The molecule has 2 aliphatic rings. The number of rotatable bonds is 9. The lowest BCUT2D eigenvalue weighted by Gasteiger charge is -2.31. The number of nitrogens with one attached hydrogen (secondary N) is 2. The van der Waals surface area contributed by atoms with Crippen LogP contribution >= 0.6 is 11.6 Å². The Morgan fingerprint density at radius 2 is 1.82 bits per heavy atom. The standard InChI is InChI=1S/C31H35ClN4O3S/c1-35(25-11-3-2-4-12-25)18-8-17-33-30(37)23-15-16-29-27(20-23)36(34-21-22-9-7-10-24(32)19-22)31(38)26-13-5-6-14-28(26)40(29)39/h5-7,9-10,13-16,19-20,25,34H,2-4,8,11-12,17-18,21H2,1H3,(H,33,37). The van der Waals surface area contributed by atoms with Crippen LogP contribution in [0.5, 0.6) is 0 Å². The fraction of sp³-hybridized carbons (Fsp3) is 0.355. The number of halogens is 1. The van der Waals surface area contributed by atoms with Crippen molar-refractivity contribution >= 4 is 39.9 Å². The Kier molecular flexibility index (Phi) is 9.32. The Balaban J connectivity index is 1.33. The summed E-state index contributed by atoms with van der Waals surface area (Å²) in [6.07, 6.45) is 7.29. The lowest BCUT2D eigenvalue weighted by molar-refractivity contribution is 0.0945. The van der Waals surface area contributed by atoms with E-state index in [1.807, 2.05) is 18.2 Å². The van der Waals surface area contributed by atoms with Crippen molar-refractivity contribution in [3.63, 3.8) is 0 Å². The quantitative estimate of drug-likeness (QED) is 0.325. The molecule has 3 aromatic rings. The fourth-order valence-corrected chi connectivity index (χ4v) is 6.99. The van der Waals surface area contributed by atoms with Gasteiger partial charge in [-0.05, 0) is 80.9 Å². The van der Waals surface area contributed by atoms with Crippen LogP contribution in [0.1, 0.15) is 64.8 Å². The van der Waals surface area contributed by atoms with Crippen molar-refractivity contribution in [2.75, 3.05) is 25.1 Å². The number of hydrogen-bond donors (Lipinski definition) is 2. The molecule has 210 valence electrons. The number of anilines is 1. The van der Waals surface area contributed by atoms with Gasteiger partial charge in [-0.2, -0.15) is 0 Å². The number of nitrogens with zero attached hydrogens (tertiary/aromatic N) is 2. The highest BCUT2D eigenvalue weighted by Gasteiger charge is 2.31. The highest BCUT2D eigenvalue weighted by atomic mass is 35.5. The summed E-state index contributed by atoms with van der Waals surface area (Å²) >= 11 is 6.16. The van der Waals surface area contributed by atoms with Gasteiger partial charge in [0.15, 0.2) is 0 Å². The summed E-state index contributed by atoms with van der Waals surface area (Å²) in [5.74, 6) is -0.564. The number of fused-ring (bicyclic) bond motifs is 2. The van der Waals surface area contributed by atoms with E-state index in [4.69, 9.17) is 11.6 Å². The predicted octanol–water partition coefficient (Wildman–Crippen LogP) is 5.56. The van der Waals surface area contributed by atoms with Crippen LogP contribution in [0.15, 0.2) is 76.5 Å². The van der Waals surface area contributed by atoms with Crippen LogP contribution in [-0.4, -0.2) is 47.1 Å². The van der Waals surface area contributed by atoms with E-state index in [0.29, 0.717) is 50.8 Å². The van der Waals surface area contributed by atoms with Crippen molar-refractivity contribution < 1.29 is 13.8 Å².